The number of aromatic nitrogens is 1. The standard InChI is InChI=1S/C10H11NO2/c1-6(2)9-7(12)3-4-8-10(9)11-5-13-8/h3-6,12H,1-2H3. The van der Waals surface area contributed by atoms with Crippen LogP contribution in [-0.4, -0.2) is 10.1 Å². The van der Waals surface area contributed by atoms with E-state index in [1.54, 1.807) is 12.1 Å². The monoisotopic (exact) mass is 177 g/mol. The molecule has 0 radical (unpaired) electrons. The van der Waals surface area contributed by atoms with Gasteiger partial charge in [0.2, 0.25) is 0 Å². The lowest BCUT2D eigenvalue weighted by Crippen LogP contribution is -1.89. The first-order chi connectivity index (χ1) is 6.20. The number of aromatic hydroxyl groups is 1. The summed E-state index contributed by atoms with van der Waals surface area (Å²) in [5.74, 6) is 0.533. The number of hydrogen-bond acceptors (Lipinski definition) is 3. The predicted octanol–water partition coefficient (Wildman–Crippen LogP) is 2.66. The molecule has 1 aromatic carbocycles. The number of phenolic OH excluding ortho intramolecular Hbond substituents is 1. The van der Waals surface area contributed by atoms with Crippen LogP contribution in [0.1, 0.15) is 25.3 Å². The summed E-state index contributed by atoms with van der Waals surface area (Å²) in [6.45, 7) is 4.03. The molecule has 1 aromatic heterocycles. The topological polar surface area (TPSA) is 46.3 Å². The summed E-state index contributed by atoms with van der Waals surface area (Å²) in [6, 6.07) is 3.37. The predicted molar refractivity (Wildman–Crippen MR) is 49.8 cm³/mol. The van der Waals surface area contributed by atoms with Crippen LogP contribution in [0.5, 0.6) is 5.75 Å². The molecule has 0 fully saturated rings. The summed E-state index contributed by atoms with van der Waals surface area (Å²) in [6.07, 6.45) is 1.40. The van der Waals surface area contributed by atoms with Crippen LogP contribution in [0.3, 0.4) is 0 Å². The maximum absolute atomic E-state index is 9.62. The van der Waals surface area contributed by atoms with E-state index in [4.69, 9.17) is 4.42 Å². The molecule has 0 unspecified atom stereocenters. The second kappa shape index (κ2) is 2.76. The number of benzene rings is 1. The van der Waals surface area contributed by atoms with Crippen molar-refractivity contribution in [3.8, 4) is 5.75 Å². The quantitative estimate of drug-likeness (QED) is 0.728. The Hall–Kier alpha value is -1.51. The number of fused-ring (bicyclic) bond motifs is 1. The highest BCUT2D eigenvalue weighted by Crippen LogP contribution is 2.31. The molecule has 3 nitrogen and oxygen atoms in total. The van der Waals surface area contributed by atoms with Crippen molar-refractivity contribution in [2.45, 2.75) is 19.8 Å². The van der Waals surface area contributed by atoms with Gasteiger partial charge in [-0.2, -0.15) is 0 Å². The van der Waals surface area contributed by atoms with Crippen molar-refractivity contribution < 1.29 is 9.52 Å². The van der Waals surface area contributed by atoms with Gasteiger partial charge in [0.25, 0.3) is 0 Å². The first-order valence-electron chi connectivity index (χ1n) is 4.25. The Morgan fingerprint density at radius 2 is 2.15 bits per heavy atom. The molecule has 0 saturated heterocycles. The van der Waals surface area contributed by atoms with Gasteiger partial charge in [0.15, 0.2) is 12.0 Å². The van der Waals surface area contributed by atoms with Gasteiger partial charge >= 0.3 is 0 Å². The minimum Gasteiger partial charge on any atom is -0.508 e. The average molecular weight is 177 g/mol. The molecule has 2 rings (SSSR count). The first-order valence-corrected chi connectivity index (χ1v) is 4.25. The maximum Gasteiger partial charge on any atom is 0.181 e. The van der Waals surface area contributed by atoms with Crippen molar-refractivity contribution in [2.75, 3.05) is 0 Å². The summed E-state index contributed by atoms with van der Waals surface area (Å²) in [4.78, 5) is 4.07. The molecule has 0 amide bonds. The number of nitrogens with zero attached hydrogens (tertiary/aromatic N) is 1. The molecular formula is C10H11NO2. The molecule has 13 heavy (non-hydrogen) atoms. The van der Waals surface area contributed by atoms with E-state index in [1.807, 2.05) is 13.8 Å². The van der Waals surface area contributed by atoms with Gasteiger partial charge in [-0.3, -0.25) is 0 Å². The van der Waals surface area contributed by atoms with Crippen LogP contribution in [0.25, 0.3) is 11.1 Å². The highest BCUT2D eigenvalue weighted by atomic mass is 16.3. The fourth-order valence-electron chi connectivity index (χ4n) is 1.51. The van der Waals surface area contributed by atoms with Crippen molar-refractivity contribution >= 4 is 11.1 Å². The minimum atomic E-state index is 0.244. The van der Waals surface area contributed by atoms with Crippen LogP contribution < -0.4 is 0 Å². The van der Waals surface area contributed by atoms with E-state index in [-0.39, 0.29) is 11.7 Å². The Morgan fingerprint density at radius 3 is 2.85 bits per heavy atom. The van der Waals surface area contributed by atoms with Crippen LogP contribution in [0.4, 0.5) is 0 Å². The van der Waals surface area contributed by atoms with Crippen LogP contribution in [0.2, 0.25) is 0 Å². The molecule has 0 saturated carbocycles. The van der Waals surface area contributed by atoms with E-state index < -0.39 is 0 Å². The number of phenols is 1. The third-order valence-corrected chi connectivity index (χ3v) is 2.10. The number of rotatable bonds is 1. The van der Waals surface area contributed by atoms with Crippen LogP contribution >= 0.6 is 0 Å². The zero-order valence-electron chi connectivity index (χ0n) is 7.61. The third kappa shape index (κ3) is 1.16. The van der Waals surface area contributed by atoms with E-state index >= 15 is 0 Å². The molecule has 0 aliphatic heterocycles. The van der Waals surface area contributed by atoms with Gasteiger partial charge < -0.3 is 9.52 Å². The van der Waals surface area contributed by atoms with Gasteiger partial charge in [-0.1, -0.05) is 13.8 Å². The molecule has 3 heteroatoms. The van der Waals surface area contributed by atoms with Crippen LogP contribution in [0.15, 0.2) is 22.9 Å². The lowest BCUT2D eigenvalue weighted by molar-refractivity contribution is 0.466. The highest BCUT2D eigenvalue weighted by Gasteiger charge is 2.13. The summed E-state index contributed by atoms with van der Waals surface area (Å²) in [5.41, 5.74) is 2.34. The molecule has 0 spiro atoms. The minimum absolute atomic E-state index is 0.244. The maximum atomic E-state index is 9.62. The van der Waals surface area contributed by atoms with Crippen molar-refractivity contribution in [3.05, 3.63) is 24.1 Å². The van der Waals surface area contributed by atoms with Gasteiger partial charge in [-0.25, -0.2) is 4.98 Å². The molecule has 0 aliphatic carbocycles. The Morgan fingerprint density at radius 1 is 1.38 bits per heavy atom. The zero-order chi connectivity index (χ0) is 9.42. The van der Waals surface area contributed by atoms with Crippen molar-refractivity contribution in [3.63, 3.8) is 0 Å². The smallest absolute Gasteiger partial charge is 0.181 e. The average Bonchev–Trinajstić information content (AvgIpc) is 2.50. The fraction of sp³-hybridized carbons (Fsp3) is 0.300. The Bertz CT molecular complexity index is 431. The Kier molecular flexibility index (Phi) is 1.72. The van der Waals surface area contributed by atoms with Crippen molar-refractivity contribution in [1.82, 2.24) is 4.98 Å². The van der Waals surface area contributed by atoms with Gasteiger partial charge in [-0.05, 0) is 18.1 Å². The summed E-state index contributed by atoms with van der Waals surface area (Å²) in [5, 5.41) is 9.62. The van der Waals surface area contributed by atoms with E-state index in [2.05, 4.69) is 4.98 Å². The zero-order valence-corrected chi connectivity index (χ0v) is 7.61. The summed E-state index contributed by atoms with van der Waals surface area (Å²) in [7, 11) is 0. The fourth-order valence-corrected chi connectivity index (χ4v) is 1.51. The van der Waals surface area contributed by atoms with Gasteiger partial charge in [0.05, 0.1) is 0 Å². The van der Waals surface area contributed by atoms with Crippen LogP contribution in [0, 0.1) is 0 Å². The number of hydrogen-bond donors (Lipinski definition) is 1. The Labute approximate surface area is 76.0 Å². The lowest BCUT2D eigenvalue weighted by Gasteiger charge is -2.07. The number of oxazole rings is 1. The van der Waals surface area contributed by atoms with Gasteiger partial charge in [0.1, 0.15) is 11.3 Å². The molecule has 0 aliphatic rings. The lowest BCUT2D eigenvalue weighted by atomic mass is 10.0. The highest BCUT2D eigenvalue weighted by molar-refractivity contribution is 5.79. The van der Waals surface area contributed by atoms with Crippen molar-refractivity contribution in [2.24, 2.45) is 0 Å². The molecule has 68 valence electrons. The second-order valence-corrected chi connectivity index (χ2v) is 3.35. The molecule has 0 bridgehead atoms. The van der Waals surface area contributed by atoms with Crippen LogP contribution in [-0.2, 0) is 0 Å². The van der Waals surface area contributed by atoms with E-state index in [1.165, 1.54) is 6.39 Å². The van der Waals surface area contributed by atoms with Gasteiger partial charge in [-0.15, -0.1) is 0 Å². The van der Waals surface area contributed by atoms with E-state index in [9.17, 15) is 5.11 Å². The summed E-state index contributed by atoms with van der Waals surface area (Å²) < 4.78 is 5.14. The summed E-state index contributed by atoms with van der Waals surface area (Å²) >= 11 is 0. The normalized spacial score (nSPS) is 11.3. The largest absolute Gasteiger partial charge is 0.508 e. The Balaban J connectivity index is 2.80. The molecule has 1 heterocycles. The SMILES string of the molecule is CC(C)c1c(O)ccc2ocnc12. The molecule has 0 atom stereocenters. The third-order valence-electron chi connectivity index (χ3n) is 2.10. The molecular weight excluding hydrogens is 166 g/mol. The van der Waals surface area contributed by atoms with Crippen molar-refractivity contribution in [1.29, 1.82) is 0 Å². The molecule has 1 N–H and O–H groups in total. The molecule has 2 aromatic rings. The van der Waals surface area contributed by atoms with Gasteiger partial charge in [0, 0.05) is 5.56 Å². The first kappa shape index (κ1) is 8.10. The van der Waals surface area contributed by atoms with E-state index in [0.717, 1.165) is 16.7 Å². The van der Waals surface area contributed by atoms with E-state index in [0.29, 0.717) is 0 Å². The second-order valence-electron chi connectivity index (χ2n) is 3.35.